The van der Waals surface area contributed by atoms with Gasteiger partial charge in [-0.2, -0.15) is 0 Å². The second-order valence-corrected chi connectivity index (χ2v) is 8.97. The fourth-order valence-electron chi connectivity index (χ4n) is 5.59. The van der Waals surface area contributed by atoms with Crippen molar-refractivity contribution in [1.82, 2.24) is 4.90 Å². The Morgan fingerprint density at radius 1 is 0.971 bits per heavy atom. The molecule has 0 amide bonds. The van der Waals surface area contributed by atoms with E-state index in [2.05, 4.69) is 28.8 Å². The van der Waals surface area contributed by atoms with E-state index in [-0.39, 0.29) is 38.4 Å². The average Bonchev–Trinajstić information content (AvgIpc) is 3.50. The van der Waals surface area contributed by atoms with Crippen LogP contribution in [0.15, 0.2) is 24.3 Å². The van der Waals surface area contributed by atoms with Gasteiger partial charge in [-0.25, -0.2) is 0 Å². The number of carbonyl (C=O) groups is 2. The van der Waals surface area contributed by atoms with Crippen LogP contribution in [0.3, 0.4) is 0 Å². The highest BCUT2D eigenvalue weighted by Crippen LogP contribution is 2.54. The number of ether oxygens (including phenoxy) is 6. The minimum absolute atomic E-state index is 0.0133. The molecule has 0 radical (unpaired) electrons. The van der Waals surface area contributed by atoms with E-state index in [1.807, 2.05) is 12.1 Å². The van der Waals surface area contributed by atoms with E-state index >= 15 is 0 Å². The van der Waals surface area contributed by atoms with Gasteiger partial charge in [-0.05, 0) is 41.9 Å². The first-order chi connectivity index (χ1) is 16.5. The number of esters is 2. The van der Waals surface area contributed by atoms with Crippen LogP contribution in [0, 0.1) is 0 Å². The van der Waals surface area contributed by atoms with Gasteiger partial charge >= 0.3 is 11.9 Å². The van der Waals surface area contributed by atoms with Crippen LogP contribution in [0.2, 0.25) is 0 Å². The fraction of sp³-hybridized carbons (Fsp3) is 0.440. The smallest absolute Gasteiger partial charge is 0.306 e. The van der Waals surface area contributed by atoms with Crippen LogP contribution in [-0.2, 0) is 32.0 Å². The number of hydrogen-bond donors (Lipinski definition) is 0. The molecule has 0 N–H and O–H groups in total. The van der Waals surface area contributed by atoms with Crippen molar-refractivity contribution >= 4 is 11.9 Å². The second kappa shape index (κ2) is 8.09. The minimum Gasteiger partial charge on any atom is -0.469 e. The van der Waals surface area contributed by atoms with Gasteiger partial charge in [0, 0.05) is 30.5 Å². The first-order valence-corrected chi connectivity index (χ1v) is 11.3. The van der Waals surface area contributed by atoms with Crippen LogP contribution in [-0.4, -0.2) is 50.7 Å². The molecule has 0 unspecified atom stereocenters. The molecule has 178 valence electrons. The molecule has 0 aromatic heterocycles. The molecule has 0 bridgehead atoms. The summed E-state index contributed by atoms with van der Waals surface area (Å²) < 4.78 is 33.4. The molecule has 34 heavy (non-hydrogen) atoms. The maximum atomic E-state index is 12.8. The van der Waals surface area contributed by atoms with Crippen molar-refractivity contribution in [2.24, 2.45) is 0 Å². The summed E-state index contributed by atoms with van der Waals surface area (Å²) in [5.74, 6) is 1.94. The predicted octanol–water partition coefficient (Wildman–Crippen LogP) is 2.84. The molecule has 0 saturated carbocycles. The first-order valence-electron chi connectivity index (χ1n) is 11.3. The van der Waals surface area contributed by atoms with E-state index in [9.17, 15) is 9.59 Å². The maximum absolute atomic E-state index is 12.8. The molecule has 3 atom stereocenters. The molecule has 4 aliphatic rings. The van der Waals surface area contributed by atoms with Gasteiger partial charge in [-0.1, -0.05) is 6.07 Å². The van der Waals surface area contributed by atoms with Crippen molar-refractivity contribution < 1.29 is 38.0 Å². The van der Waals surface area contributed by atoms with Crippen molar-refractivity contribution in [3.8, 4) is 23.0 Å². The molecule has 9 heteroatoms. The largest absolute Gasteiger partial charge is 0.469 e. The van der Waals surface area contributed by atoms with Gasteiger partial charge in [0.25, 0.3) is 0 Å². The van der Waals surface area contributed by atoms with Gasteiger partial charge in [0.15, 0.2) is 23.0 Å². The van der Waals surface area contributed by atoms with Gasteiger partial charge in [0.2, 0.25) is 13.6 Å². The highest BCUT2D eigenvalue weighted by atomic mass is 16.7. The molecule has 3 aliphatic heterocycles. The number of hydrogen-bond acceptors (Lipinski definition) is 9. The Balaban J connectivity index is 1.41. The summed E-state index contributed by atoms with van der Waals surface area (Å²) in [4.78, 5) is 26.5. The van der Waals surface area contributed by atoms with Gasteiger partial charge in [-0.15, -0.1) is 0 Å². The zero-order valence-corrected chi connectivity index (χ0v) is 19.0. The van der Waals surface area contributed by atoms with Gasteiger partial charge < -0.3 is 28.4 Å². The SMILES string of the molecule is COC(=O)CCC(=O)O[C@H]1Cc2cc3c(cc2[C@@H]2[C@H]1c1ccc4c(c1CN2C)OCO4)OCO3. The van der Waals surface area contributed by atoms with Crippen molar-refractivity contribution in [3.05, 3.63) is 46.5 Å². The van der Waals surface area contributed by atoms with Crippen LogP contribution in [0.1, 0.15) is 47.1 Å². The summed E-state index contributed by atoms with van der Waals surface area (Å²) in [5.41, 5.74) is 4.34. The lowest BCUT2D eigenvalue weighted by molar-refractivity contribution is -0.155. The molecule has 2 aromatic carbocycles. The van der Waals surface area contributed by atoms with Crippen LogP contribution < -0.4 is 18.9 Å². The zero-order valence-electron chi connectivity index (χ0n) is 19.0. The molecule has 6 rings (SSSR count). The van der Waals surface area contributed by atoms with Gasteiger partial charge in [0.05, 0.1) is 20.0 Å². The summed E-state index contributed by atoms with van der Waals surface area (Å²) in [6.45, 7) is 1.06. The Morgan fingerprint density at radius 2 is 1.71 bits per heavy atom. The van der Waals surface area contributed by atoms with E-state index in [4.69, 9.17) is 23.7 Å². The molecule has 9 nitrogen and oxygen atoms in total. The van der Waals surface area contributed by atoms with Gasteiger partial charge in [0.1, 0.15) is 6.10 Å². The summed E-state index contributed by atoms with van der Waals surface area (Å²) in [5, 5.41) is 0. The highest BCUT2D eigenvalue weighted by molar-refractivity contribution is 5.77. The molecule has 1 aliphatic carbocycles. The molecule has 2 aromatic rings. The Labute approximate surface area is 196 Å². The van der Waals surface area contributed by atoms with Crippen molar-refractivity contribution in [2.75, 3.05) is 27.7 Å². The highest BCUT2D eigenvalue weighted by Gasteiger charge is 2.47. The minimum atomic E-state index is -0.438. The number of rotatable bonds is 4. The Hall–Kier alpha value is -3.46. The summed E-state index contributed by atoms with van der Waals surface area (Å²) in [6.07, 6.45) is 0.0579. The monoisotopic (exact) mass is 467 g/mol. The topological polar surface area (TPSA) is 92.8 Å². The van der Waals surface area contributed by atoms with Crippen molar-refractivity contribution in [2.45, 2.75) is 43.9 Å². The number of benzene rings is 2. The standard InChI is InChI=1S/C25H25NO8/c1-26-10-16-14(3-4-17-25(16)33-12-30-17)23-20(34-22(28)6-5-21(27)29-2)8-13-7-18-19(32-11-31-18)9-15(13)24(23)26/h3-4,7,9,20,23-24H,5-6,8,10-12H2,1-2H3/t20-,23-,24+/m0/s1. The van der Waals surface area contributed by atoms with E-state index in [0.29, 0.717) is 18.7 Å². The van der Waals surface area contributed by atoms with Crippen LogP contribution in [0.4, 0.5) is 0 Å². The number of fused-ring (bicyclic) bond motifs is 8. The third-order valence-electron chi connectivity index (χ3n) is 7.08. The Kier molecular flexibility index (Phi) is 5.02. The number of carbonyl (C=O) groups excluding carboxylic acids is 2. The number of nitrogens with zero attached hydrogens (tertiary/aromatic N) is 1. The van der Waals surface area contributed by atoms with Crippen molar-refractivity contribution in [1.29, 1.82) is 0 Å². The lowest BCUT2D eigenvalue weighted by atomic mass is 9.70. The van der Waals surface area contributed by atoms with E-state index in [1.54, 1.807) is 0 Å². The Bertz CT molecular complexity index is 1180. The number of likely N-dealkylation sites (N-methyl/N-ethyl adjacent to an activating group) is 1. The molecule has 3 heterocycles. The van der Waals surface area contributed by atoms with E-state index in [0.717, 1.165) is 39.5 Å². The predicted molar refractivity (Wildman–Crippen MR) is 117 cm³/mol. The lowest BCUT2D eigenvalue weighted by Gasteiger charge is -2.47. The van der Waals surface area contributed by atoms with Crippen LogP contribution >= 0.6 is 0 Å². The quantitative estimate of drug-likeness (QED) is 0.630. The maximum Gasteiger partial charge on any atom is 0.306 e. The summed E-state index contributed by atoms with van der Waals surface area (Å²) >= 11 is 0. The summed E-state index contributed by atoms with van der Waals surface area (Å²) in [6, 6.07) is 7.99. The average molecular weight is 467 g/mol. The number of methoxy groups -OCH3 is 1. The molecular weight excluding hydrogens is 442 g/mol. The lowest BCUT2D eigenvalue weighted by Crippen LogP contribution is -2.45. The second-order valence-electron chi connectivity index (χ2n) is 8.97. The van der Waals surface area contributed by atoms with Crippen LogP contribution in [0.25, 0.3) is 0 Å². The third kappa shape index (κ3) is 3.34. The first kappa shape index (κ1) is 21.1. The summed E-state index contributed by atoms with van der Waals surface area (Å²) in [7, 11) is 3.37. The molecular formula is C25H25NO8. The molecule has 0 fully saturated rings. The van der Waals surface area contributed by atoms with E-state index in [1.165, 1.54) is 7.11 Å². The zero-order chi connectivity index (χ0) is 23.4. The van der Waals surface area contributed by atoms with Gasteiger partial charge in [-0.3, -0.25) is 14.5 Å². The normalized spacial score (nSPS) is 23.5. The third-order valence-corrected chi connectivity index (χ3v) is 7.08. The van der Waals surface area contributed by atoms with Crippen LogP contribution in [0.5, 0.6) is 23.0 Å². The van der Waals surface area contributed by atoms with Crippen molar-refractivity contribution in [3.63, 3.8) is 0 Å². The molecule has 0 saturated heterocycles. The Morgan fingerprint density at radius 3 is 2.53 bits per heavy atom. The van der Waals surface area contributed by atoms with E-state index < -0.39 is 18.0 Å². The molecule has 0 spiro atoms. The fourth-order valence-corrected chi connectivity index (χ4v) is 5.59.